The van der Waals surface area contributed by atoms with Crippen LogP contribution < -0.4 is 21.3 Å². The molecule has 11 heteroatoms. The largest absolute Gasteiger partial charge is 0.489 e. The highest BCUT2D eigenvalue weighted by Gasteiger charge is 2.19. The van der Waals surface area contributed by atoms with Gasteiger partial charge in [-0.3, -0.25) is 14.3 Å². The Bertz CT molecular complexity index is 1100. The molecule has 1 unspecified atom stereocenters. The van der Waals surface area contributed by atoms with Crippen LogP contribution in [0.1, 0.15) is 0 Å². The number of aliphatic hydroxyl groups is 1. The number of imidazole rings is 1. The number of aromatic amines is 1. The van der Waals surface area contributed by atoms with Crippen molar-refractivity contribution >= 4 is 40.3 Å². The van der Waals surface area contributed by atoms with Crippen molar-refractivity contribution in [3.05, 3.63) is 49.1 Å². The Hall–Kier alpha value is -2.49. The first-order chi connectivity index (χ1) is 12.8. The molecule has 0 saturated carbocycles. The van der Waals surface area contributed by atoms with Gasteiger partial charge in [-0.1, -0.05) is 23.2 Å². The van der Waals surface area contributed by atoms with E-state index in [0.29, 0.717) is 21.7 Å². The number of aromatic nitrogens is 4. The van der Waals surface area contributed by atoms with E-state index in [1.807, 2.05) is 0 Å². The molecule has 0 amide bonds. The van der Waals surface area contributed by atoms with Crippen molar-refractivity contribution in [3.8, 4) is 5.75 Å². The van der Waals surface area contributed by atoms with Gasteiger partial charge in [-0.15, -0.1) is 0 Å². The first-order valence-corrected chi connectivity index (χ1v) is 8.70. The fourth-order valence-corrected chi connectivity index (χ4v) is 3.11. The fraction of sp³-hybridized carbons (Fsp3) is 0.312. The second-order valence-electron chi connectivity index (χ2n) is 5.83. The van der Waals surface area contributed by atoms with Gasteiger partial charge in [0.15, 0.2) is 11.2 Å². The minimum Gasteiger partial charge on any atom is -0.489 e. The first-order valence-electron chi connectivity index (χ1n) is 7.95. The lowest BCUT2D eigenvalue weighted by molar-refractivity contribution is 0.0939. The Labute approximate surface area is 163 Å². The number of H-pyrrole nitrogens is 1. The van der Waals surface area contributed by atoms with Crippen LogP contribution >= 0.6 is 23.2 Å². The van der Waals surface area contributed by atoms with Crippen molar-refractivity contribution < 1.29 is 9.84 Å². The number of ether oxygens (including phenoxy) is 1. The summed E-state index contributed by atoms with van der Waals surface area (Å²) in [5.74, 6) is 0.713. The molecule has 27 heavy (non-hydrogen) atoms. The van der Waals surface area contributed by atoms with E-state index in [4.69, 9.17) is 27.9 Å². The van der Waals surface area contributed by atoms with Crippen LogP contribution in [-0.2, 0) is 13.6 Å². The third-order valence-corrected chi connectivity index (χ3v) is 4.48. The number of rotatable bonds is 6. The van der Waals surface area contributed by atoms with Gasteiger partial charge < -0.3 is 19.7 Å². The summed E-state index contributed by atoms with van der Waals surface area (Å²) in [6.07, 6.45) is -0.974. The van der Waals surface area contributed by atoms with Gasteiger partial charge in [-0.05, 0) is 18.2 Å². The maximum atomic E-state index is 12.2. The summed E-state index contributed by atoms with van der Waals surface area (Å²) in [6.45, 7) is -0.0625. The van der Waals surface area contributed by atoms with Gasteiger partial charge in [0.25, 0.3) is 5.56 Å². The normalized spacial score (nSPS) is 12.3. The van der Waals surface area contributed by atoms with Gasteiger partial charge in [-0.2, -0.15) is 4.98 Å². The Balaban J connectivity index is 1.86. The summed E-state index contributed by atoms with van der Waals surface area (Å²) in [6, 6.07) is 4.76. The number of aliphatic hydroxyl groups excluding tert-OH is 1. The highest BCUT2D eigenvalue weighted by atomic mass is 35.5. The molecule has 2 heterocycles. The van der Waals surface area contributed by atoms with Crippen LogP contribution in [0.5, 0.6) is 5.75 Å². The predicted octanol–water partition coefficient (Wildman–Crippen LogP) is 1.21. The van der Waals surface area contributed by atoms with Crippen molar-refractivity contribution in [3.63, 3.8) is 0 Å². The highest BCUT2D eigenvalue weighted by Crippen LogP contribution is 2.27. The Morgan fingerprint density at radius 2 is 2.11 bits per heavy atom. The third-order valence-electron chi connectivity index (χ3n) is 3.95. The monoisotopic (exact) mass is 413 g/mol. The number of nitrogens with one attached hydrogen (secondary N) is 2. The van der Waals surface area contributed by atoms with Crippen molar-refractivity contribution in [2.75, 3.05) is 19.0 Å². The zero-order valence-corrected chi connectivity index (χ0v) is 16.0. The summed E-state index contributed by atoms with van der Waals surface area (Å²) in [7, 11) is 3.12. The van der Waals surface area contributed by atoms with E-state index in [9.17, 15) is 14.7 Å². The van der Waals surface area contributed by atoms with E-state index in [1.54, 1.807) is 19.2 Å². The second kappa shape index (κ2) is 7.63. The summed E-state index contributed by atoms with van der Waals surface area (Å²) in [4.78, 5) is 30.5. The SMILES string of the molecule is CNc1nc2c(c(=O)[nH]c(=O)n2C)n1CC(O)COc1ccc(Cl)cc1Cl. The molecular weight excluding hydrogens is 397 g/mol. The van der Waals surface area contributed by atoms with E-state index >= 15 is 0 Å². The first kappa shape index (κ1) is 19.3. The molecule has 1 atom stereocenters. The van der Waals surface area contributed by atoms with Crippen molar-refractivity contribution in [2.45, 2.75) is 12.6 Å². The molecule has 0 fully saturated rings. The number of halogens is 2. The molecule has 2 aromatic heterocycles. The second-order valence-corrected chi connectivity index (χ2v) is 6.67. The summed E-state index contributed by atoms with van der Waals surface area (Å²) in [5, 5.41) is 14.0. The Morgan fingerprint density at radius 3 is 2.78 bits per heavy atom. The smallest absolute Gasteiger partial charge is 0.329 e. The van der Waals surface area contributed by atoms with Crippen LogP contribution in [0.2, 0.25) is 10.0 Å². The van der Waals surface area contributed by atoms with E-state index in [2.05, 4.69) is 15.3 Å². The van der Waals surface area contributed by atoms with E-state index < -0.39 is 17.4 Å². The minimum absolute atomic E-state index is 0.0131. The number of fused-ring (bicyclic) bond motifs is 1. The van der Waals surface area contributed by atoms with Gasteiger partial charge in [0.2, 0.25) is 5.95 Å². The standard InChI is InChI=1S/C16H17Cl2N5O4/c1-19-15-20-13-12(14(25)21-16(26)22(13)2)23(15)6-9(24)7-27-11-4-3-8(17)5-10(11)18/h3-5,9,24H,6-7H2,1-2H3,(H,19,20)(H,21,25,26). The van der Waals surface area contributed by atoms with Crippen molar-refractivity contribution in [2.24, 2.45) is 7.05 Å². The van der Waals surface area contributed by atoms with Gasteiger partial charge in [-0.25, -0.2) is 4.79 Å². The maximum Gasteiger partial charge on any atom is 0.329 e. The highest BCUT2D eigenvalue weighted by molar-refractivity contribution is 6.35. The number of aryl methyl sites for hydroxylation is 1. The minimum atomic E-state index is -0.974. The zero-order chi connectivity index (χ0) is 19.7. The molecule has 3 N–H and O–H groups in total. The number of nitrogens with zero attached hydrogens (tertiary/aromatic N) is 3. The molecule has 3 aromatic rings. The summed E-state index contributed by atoms with van der Waals surface area (Å²) in [5.41, 5.74) is -0.774. The average molecular weight is 414 g/mol. The molecule has 9 nitrogen and oxygen atoms in total. The lowest BCUT2D eigenvalue weighted by Crippen LogP contribution is -2.30. The molecule has 0 aliphatic heterocycles. The van der Waals surface area contributed by atoms with Crippen LogP contribution in [0.4, 0.5) is 5.95 Å². The molecular formula is C16H17Cl2N5O4. The molecule has 144 valence electrons. The lowest BCUT2D eigenvalue weighted by Gasteiger charge is -2.15. The van der Waals surface area contributed by atoms with E-state index in [0.717, 1.165) is 0 Å². The van der Waals surface area contributed by atoms with Crippen LogP contribution in [0.25, 0.3) is 11.2 Å². The molecule has 3 rings (SSSR count). The van der Waals surface area contributed by atoms with Crippen LogP contribution in [-0.4, -0.2) is 44.0 Å². The molecule has 0 spiro atoms. The molecule has 0 bridgehead atoms. The molecule has 1 aromatic carbocycles. The molecule has 0 saturated heterocycles. The molecule has 0 aliphatic rings. The van der Waals surface area contributed by atoms with Gasteiger partial charge in [0.05, 0.1) is 11.6 Å². The molecule has 0 radical (unpaired) electrons. The topological polar surface area (TPSA) is 114 Å². The summed E-state index contributed by atoms with van der Waals surface area (Å²) < 4.78 is 8.24. The third kappa shape index (κ3) is 3.80. The lowest BCUT2D eigenvalue weighted by atomic mass is 10.3. The van der Waals surface area contributed by atoms with Crippen LogP contribution in [0.3, 0.4) is 0 Å². The quantitative estimate of drug-likeness (QED) is 0.559. The van der Waals surface area contributed by atoms with E-state index in [1.165, 1.54) is 22.2 Å². The number of anilines is 1. The van der Waals surface area contributed by atoms with Crippen molar-refractivity contribution in [1.29, 1.82) is 0 Å². The van der Waals surface area contributed by atoms with Crippen LogP contribution in [0, 0.1) is 0 Å². The van der Waals surface area contributed by atoms with Gasteiger partial charge in [0, 0.05) is 19.1 Å². The van der Waals surface area contributed by atoms with Gasteiger partial charge >= 0.3 is 5.69 Å². The maximum absolute atomic E-state index is 12.2. The van der Waals surface area contributed by atoms with Crippen LogP contribution in [0.15, 0.2) is 27.8 Å². The van der Waals surface area contributed by atoms with Crippen molar-refractivity contribution in [1.82, 2.24) is 19.1 Å². The Kier molecular flexibility index (Phi) is 5.45. The summed E-state index contributed by atoms with van der Waals surface area (Å²) >= 11 is 11.9. The fourth-order valence-electron chi connectivity index (χ4n) is 2.64. The number of hydrogen-bond acceptors (Lipinski definition) is 6. The number of hydrogen-bond donors (Lipinski definition) is 3. The Morgan fingerprint density at radius 1 is 1.37 bits per heavy atom. The average Bonchev–Trinajstić information content (AvgIpc) is 2.98. The number of benzene rings is 1. The predicted molar refractivity (Wildman–Crippen MR) is 103 cm³/mol. The zero-order valence-electron chi connectivity index (χ0n) is 14.5. The molecule has 0 aliphatic carbocycles. The van der Waals surface area contributed by atoms with Gasteiger partial charge in [0.1, 0.15) is 18.5 Å². The van der Waals surface area contributed by atoms with E-state index in [-0.39, 0.29) is 24.3 Å².